The van der Waals surface area contributed by atoms with Crippen LogP contribution in [0.4, 0.5) is 5.69 Å². The molecule has 2 N–H and O–H groups in total. The molecule has 100 valence electrons. The Labute approximate surface area is 111 Å². The number of ketones is 1. The van der Waals surface area contributed by atoms with E-state index < -0.39 is 17.4 Å². The Balaban J connectivity index is 2.07. The van der Waals surface area contributed by atoms with Crippen molar-refractivity contribution in [2.75, 3.05) is 5.32 Å². The highest BCUT2D eigenvalue weighted by molar-refractivity contribution is 6.08. The number of carbonyl (C=O) groups excluding carboxylic acids is 2. The standard InChI is InChI=1S/C15H17NO3/c1-9-6-7-13(17)11(8-9)15(19)10-4-2-3-5-12(10)16-14(15)18/h2-5,9,11,19H,6-8H2,1H3,(H,16,18)/t9-,11-,15+/m1/s1. The van der Waals surface area contributed by atoms with Crippen LogP contribution in [0.25, 0.3) is 0 Å². The molecule has 1 heterocycles. The predicted octanol–water partition coefficient (Wildman–Crippen LogP) is 1.83. The van der Waals surface area contributed by atoms with Gasteiger partial charge in [0, 0.05) is 17.7 Å². The fourth-order valence-electron chi connectivity index (χ4n) is 3.23. The molecule has 4 heteroatoms. The molecule has 0 saturated heterocycles. The molecule has 4 nitrogen and oxygen atoms in total. The van der Waals surface area contributed by atoms with E-state index in [9.17, 15) is 14.7 Å². The van der Waals surface area contributed by atoms with Crippen LogP contribution in [-0.2, 0) is 15.2 Å². The van der Waals surface area contributed by atoms with Crippen LogP contribution in [0.1, 0.15) is 31.7 Å². The summed E-state index contributed by atoms with van der Waals surface area (Å²) in [5.41, 5.74) is -0.545. The van der Waals surface area contributed by atoms with Gasteiger partial charge in [-0.1, -0.05) is 25.1 Å². The van der Waals surface area contributed by atoms with Gasteiger partial charge in [0.2, 0.25) is 0 Å². The van der Waals surface area contributed by atoms with Crippen molar-refractivity contribution < 1.29 is 14.7 Å². The number of benzene rings is 1. The third-order valence-corrected chi connectivity index (χ3v) is 4.35. The highest BCUT2D eigenvalue weighted by Gasteiger charge is 2.54. The van der Waals surface area contributed by atoms with Crippen LogP contribution in [-0.4, -0.2) is 16.8 Å². The summed E-state index contributed by atoms with van der Waals surface area (Å²) in [5, 5.41) is 13.6. The zero-order valence-electron chi connectivity index (χ0n) is 10.8. The summed E-state index contributed by atoms with van der Waals surface area (Å²) in [5.74, 6) is -0.749. The molecule has 1 amide bonds. The highest BCUT2D eigenvalue weighted by Crippen LogP contribution is 2.45. The van der Waals surface area contributed by atoms with E-state index in [1.54, 1.807) is 24.3 Å². The lowest BCUT2D eigenvalue weighted by molar-refractivity contribution is -0.151. The van der Waals surface area contributed by atoms with Crippen LogP contribution in [0, 0.1) is 11.8 Å². The first-order valence-corrected chi connectivity index (χ1v) is 6.69. The molecule has 0 radical (unpaired) electrons. The summed E-state index contributed by atoms with van der Waals surface area (Å²) < 4.78 is 0. The van der Waals surface area contributed by atoms with Gasteiger partial charge in [0.05, 0.1) is 5.92 Å². The topological polar surface area (TPSA) is 66.4 Å². The summed E-state index contributed by atoms with van der Waals surface area (Å²) in [4.78, 5) is 24.3. The Hall–Kier alpha value is -1.68. The molecule has 1 fully saturated rings. The van der Waals surface area contributed by atoms with Crippen LogP contribution in [0.2, 0.25) is 0 Å². The number of rotatable bonds is 1. The minimum Gasteiger partial charge on any atom is -0.375 e. The van der Waals surface area contributed by atoms with Gasteiger partial charge in [0.25, 0.3) is 5.91 Å². The Morgan fingerprint density at radius 1 is 1.32 bits per heavy atom. The molecular formula is C15H17NO3. The number of amides is 1. The Morgan fingerprint density at radius 3 is 2.84 bits per heavy atom. The van der Waals surface area contributed by atoms with Crippen molar-refractivity contribution in [2.45, 2.75) is 31.8 Å². The molecule has 1 aliphatic heterocycles. The largest absolute Gasteiger partial charge is 0.375 e. The maximum atomic E-state index is 12.2. The third-order valence-electron chi connectivity index (χ3n) is 4.35. The molecule has 1 saturated carbocycles. The number of para-hydroxylation sites is 1. The van der Waals surface area contributed by atoms with Crippen molar-refractivity contribution in [3.05, 3.63) is 29.8 Å². The first-order chi connectivity index (χ1) is 9.03. The number of carbonyl (C=O) groups is 2. The minimum absolute atomic E-state index is 0.00699. The van der Waals surface area contributed by atoms with Gasteiger partial charge in [-0.2, -0.15) is 0 Å². The summed E-state index contributed by atoms with van der Waals surface area (Å²) in [6.07, 6.45) is 1.86. The van der Waals surface area contributed by atoms with Gasteiger partial charge in [-0.15, -0.1) is 0 Å². The van der Waals surface area contributed by atoms with Crippen molar-refractivity contribution in [3.8, 4) is 0 Å². The van der Waals surface area contributed by atoms with E-state index in [2.05, 4.69) is 12.2 Å². The quantitative estimate of drug-likeness (QED) is 0.808. The number of Topliss-reactive ketones (excluding diaryl/α,β-unsaturated/α-hetero) is 1. The van der Waals surface area contributed by atoms with Crippen LogP contribution in [0.5, 0.6) is 0 Å². The molecule has 2 aliphatic rings. The van der Waals surface area contributed by atoms with E-state index in [0.717, 1.165) is 6.42 Å². The molecule has 0 aromatic heterocycles. The number of nitrogens with one attached hydrogen (secondary N) is 1. The van der Waals surface area contributed by atoms with E-state index in [1.807, 2.05) is 0 Å². The summed E-state index contributed by atoms with van der Waals surface area (Å²) in [7, 11) is 0. The zero-order valence-corrected chi connectivity index (χ0v) is 10.8. The number of fused-ring (bicyclic) bond motifs is 1. The normalized spacial score (nSPS) is 34.0. The molecule has 19 heavy (non-hydrogen) atoms. The fraction of sp³-hybridized carbons (Fsp3) is 0.467. The summed E-state index contributed by atoms with van der Waals surface area (Å²) in [6.45, 7) is 2.06. The third kappa shape index (κ3) is 1.70. The van der Waals surface area contributed by atoms with Crippen LogP contribution >= 0.6 is 0 Å². The van der Waals surface area contributed by atoms with E-state index in [1.165, 1.54) is 0 Å². The van der Waals surface area contributed by atoms with E-state index >= 15 is 0 Å². The van der Waals surface area contributed by atoms with Crippen LogP contribution < -0.4 is 5.32 Å². The lowest BCUT2D eigenvalue weighted by atomic mass is 9.70. The van der Waals surface area contributed by atoms with Gasteiger partial charge in [-0.3, -0.25) is 9.59 Å². The smallest absolute Gasteiger partial charge is 0.261 e. The van der Waals surface area contributed by atoms with Crippen LogP contribution in [0.15, 0.2) is 24.3 Å². The van der Waals surface area contributed by atoms with E-state index in [4.69, 9.17) is 0 Å². The monoisotopic (exact) mass is 259 g/mol. The number of hydrogen-bond donors (Lipinski definition) is 2. The van der Waals surface area contributed by atoms with Gasteiger partial charge in [-0.05, 0) is 24.8 Å². The average molecular weight is 259 g/mol. The number of aliphatic hydroxyl groups is 1. The van der Waals surface area contributed by atoms with Gasteiger partial charge in [0.15, 0.2) is 5.60 Å². The molecule has 1 aromatic carbocycles. The van der Waals surface area contributed by atoms with Crippen molar-refractivity contribution in [3.63, 3.8) is 0 Å². The predicted molar refractivity (Wildman–Crippen MR) is 70.5 cm³/mol. The van der Waals surface area contributed by atoms with Crippen molar-refractivity contribution >= 4 is 17.4 Å². The Bertz CT molecular complexity index is 554. The van der Waals surface area contributed by atoms with Crippen molar-refractivity contribution in [2.24, 2.45) is 11.8 Å². The molecule has 3 atom stereocenters. The maximum Gasteiger partial charge on any atom is 0.261 e. The molecule has 0 bridgehead atoms. The second kappa shape index (κ2) is 4.17. The first-order valence-electron chi connectivity index (χ1n) is 6.69. The fourth-order valence-corrected chi connectivity index (χ4v) is 3.23. The minimum atomic E-state index is -1.69. The Morgan fingerprint density at radius 2 is 2.05 bits per heavy atom. The van der Waals surface area contributed by atoms with Crippen molar-refractivity contribution in [1.82, 2.24) is 0 Å². The molecule has 0 spiro atoms. The zero-order chi connectivity index (χ0) is 13.6. The summed E-state index contributed by atoms with van der Waals surface area (Å²) >= 11 is 0. The Kier molecular flexibility index (Phi) is 2.71. The number of hydrogen-bond acceptors (Lipinski definition) is 3. The van der Waals surface area contributed by atoms with E-state index in [-0.39, 0.29) is 5.78 Å². The second-order valence-corrected chi connectivity index (χ2v) is 5.66. The lowest BCUT2D eigenvalue weighted by Gasteiger charge is -2.35. The molecular weight excluding hydrogens is 242 g/mol. The van der Waals surface area contributed by atoms with Gasteiger partial charge >= 0.3 is 0 Å². The van der Waals surface area contributed by atoms with E-state index in [0.29, 0.717) is 30.0 Å². The molecule has 1 aromatic rings. The molecule has 0 unspecified atom stereocenters. The maximum absolute atomic E-state index is 12.2. The highest BCUT2D eigenvalue weighted by atomic mass is 16.3. The first kappa shape index (κ1) is 12.4. The van der Waals surface area contributed by atoms with Gasteiger partial charge < -0.3 is 10.4 Å². The number of anilines is 1. The second-order valence-electron chi connectivity index (χ2n) is 5.66. The molecule has 1 aliphatic carbocycles. The summed E-state index contributed by atoms with van der Waals surface area (Å²) in [6, 6.07) is 7.05. The van der Waals surface area contributed by atoms with Gasteiger partial charge in [-0.25, -0.2) is 0 Å². The molecule has 3 rings (SSSR count). The van der Waals surface area contributed by atoms with Crippen molar-refractivity contribution in [1.29, 1.82) is 0 Å². The van der Waals surface area contributed by atoms with Crippen LogP contribution in [0.3, 0.4) is 0 Å². The SMILES string of the molecule is C[C@@H]1CCC(=O)[C@H]([C@]2(O)C(=O)Nc3ccccc32)C1. The lowest BCUT2D eigenvalue weighted by Crippen LogP contribution is -2.47. The average Bonchev–Trinajstić information content (AvgIpc) is 2.66. The van der Waals surface area contributed by atoms with Gasteiger partial charge in [0.1, 0.15) is 5.78 Å².